The summed E-state index contributed by atoms with van der Waals surface area (Å²) in [6.45, 7) is 8.21. The van der Waals surface area contributed by atoms with Gasteiger partial charge in [0.25, 0.3) is 5.91 Å². The van der Waals surface area contributed by atoms with E-state index in [0.29, 0.717) is 5.56 Å². The molecule has 0 unspecified atom stereocenters. The van der Waals surface area contributed by atoms with Crippen molar-refractivity contribution in [3.63, 3.8) is 0 Å². The lowest BCUT2D eigenvalue weighted by molar-refractivity contribution is -0.124. The molecule has 0 radical (unpaired) electrons. The fourth-order valence-corrected chi connectivity index (χ4v) is 3.52. The Kier molecular flexibility index (Phi) is 6.42. The molecule has 1 atom stereocenters. The predicted molar refractivity (Wildman–Crippen MR) is 101 cm³/mol. The summed E-state index contributed by atoms with van der Waals surface area (Å²) in [7, 11) is 0. The highest BCUT2D eigenvalue weighted by Gasteiger charge is 2.18. The molecular weight excluding hydrogens is 384 g/mol. The maximum Gasteiger partial charge on any atom is 0.340 e. The van der Waals surface area contributed by atoms with Gasteiger partial charge in [0.2, 0.25) is 0 Å². The van der Waals surface area contributed by atoms with Crippen molar-refractivity contribution in [2.24, 2.45) is 0 Å². The van der Waals surface area contributed by atoms with Gasteiger partial charge >= 0.3 is 5.97 Å². The van der Waals surface area contributed by atoms with Crippen LogP contribution in [0.15, 0.2) is 34.8 Å². The van der Waals surface area contributed by atoms with Crippen molar-refractivity contribution >= 4 is 27.8 Å². The van der Waals surface area contributed by atoms with E-state index < -0.39 is 5.97 Å². The first-order chi connectivity index (χ1) is 11.8. The van der Waals surface area contributed by atoms with Crippen LogP contribution in [0, 0.1) is 13.8 Å². The van der Waals surface area contributed by atoms with E-state index in [4.69, 9.17) is 4.74 Å². The van der Waals surface area contributed by atoms with Crippen molar-refractivity contribution in [2.45, 2.75) is 40.3 Å². The molecule has 134 valence electrons. The molecular formula is C19H23BrN2O3. The number of carbonyl (C=O) groups excluding carboxylic acids is 2. The number of amides is 1. The summed E-state index contributed by atoms with van der Waals surface area (Å²) in [6, 6.07) is 9.28. The number of benzene rings is 1. The Morgan fingerprint density at radius 2 is 1.96 bits per heavy atom. The molecule has 0 saturated carbocycles. The highest BCUT2D eigenvalue weighted by molar-refractivity contribution is 9.10. The highest BCUT2D eigenvalue weighted by Crippen LogP contribution is 2.22. The SMILES string of the molecule is CCn1c(C)cc(C(=O)OCC(=O)N[C@@H](C)c2ccccc2Br)c1C. The van der Waals surface area contributed by atoms with Crippen LogP contribution >= 0.6 is 15.9 Å². The average Bonchev–Trinajstić information content (AvgIpc) is 2.87. The molecule has 1 amide bonds. The average molecular weight is 407 g/mol. The molecule has 0 aliphatic rings. The van der Waals surface area contributed by atoms with Gasteiger partial charge in [0.1, 0.15) is 0 Å². The van der Waals surface area contributed by atoms with E-state index in [-0.39, 0.29) is 18.6 Å². The molecule has 0 spiro atoms. The third kappa shape index (κ3) is 4.51. The van der Waals surface area contributed by atoms with E-state index in [1.54, 1.807) is 6.07 Å². The number of nitrogens with one attached hydrogen (secondary N) is 1. The maximum atomic E-state index is 12.2. The number of hydrogen-bond donors (Lipinski definition) is 1. The van der Waals surface area contributed by atoms with E-state index in [1.807, 2.05) is 56.5 Å². The summed E-state index contributed by atoms with van der Waals surface area (Å²) < 4.78 is 8.13. The Morgan fingerprint density at radius 3 is 2.56 bits per heavy atom. The van der Waals surface area contributed by atoms with Gasteiger partial charge in [-0.15, -0.1) is 0 Å². The van der Waals surface area contributed by atoms with Crippen LogP contribution in [0.2, 0.25) is 0 Å². The van der Waals surface area contributed by atoms with E-state index in [9.17, 15) is 9.59 Å². The Labute approximate surface area is 156 Å². The van der Waals surface area contributed by atoms with E-state index in [2.05, 4.69) is 21.2 Å². The Bertz CT molecular complexity index is 783. The molecule has 0 bridgehead atoms. The van der Waals surface area contributed by atoms with Crippen LogP contribution in [0.1, 0.15) is 47.2 Å². The van der Waals surface area contributed by atoms with Crippen LogP contribution in [-0.4, -0.2) is 23.1 Å². The second kappa shape index (κ2) is 8.34. The van der Waals surface area contributed by atoms with Crippen LogP contribution in [0.3, 0.4) is 0 Å². The molecule has 1 heterocycles. The largest absolute Gasteiger partial charge is 0.452 e. The third-order valence-electron chi connectivity index (χ3n) is 4.19. The van der Waals surface area contributed by atoms with Crippen molar-refractivity contribution in [1.82, 2.24) is 9.88 Å². The standard InChI is InChI=1S/C19H23BrN2O3/c1-5-22-12(2)10-16(14(22)4)19(24)25-11-18(23)21-13(3)15-8-6-7-9-17(15)20/h6-10,13H,5,11H2,1-4H3,(H,21,23)/t13-/m0/s1. The first kappa shape index (κ1) is 19.2. The quantitative estimate of drug-likeness (QED) is 0.739. The van der Waals surface area contributed by atoms with E-state index in [0.717, 1.165) is 28.0 Å². The monoisotopic (exact) mass is 406 g/mol. The first-order valence-corrected chi connectivity index (χ1v) is 9.02. The molecule has 0 saturated heterocycles. The minimum absolute atomic E-state index is 0.188. The zero-order valence-electron chi connectivity index (χ0n) is 14.9. The van der Waals surface area contributed by atoms with Gasteiger partial charge in [-0.1, -0.05) is 34.1 Å². The molecule has 25 heavy (non-hydrogen) atoms. The van der Waals surface area contributed by atoms with Gasteiger partial charge in [-0.25, -0.2) is 4.79 Å². The smallest absolute Gasteiger partial charge is 0.340 e. The Hall–Kier alpha value is -2.08. The number of carbonyl (C=O) groups is 2. The number of nitrogens with zero attached hydrogens (tertiary/aromatic N) is 1. The molecule has 0 aliphatic carbocycles. The lowest BCUT2D eigenvalue weighted by Gasteiger charge is -2.15. The van der Waals surface area contributed by atoms with Crippen molar-refractivity contribution in [3.05, 3.63) is 57.3 Å². The maximum absolute atomic E-state index is 12.2. The van der Waals surface area contributed by atoms with Crippen molar-refractivity contribution < 1.29 is 14.3 Å². The van der Waals surface area contributed by atoms with Crippen LogP contribution in [-0.2, 0) is 16.1 Å². The van der Waals surface area contributed by atoms with Gasteiger partial charge in [0.05, 0.1) is 11.6 Å². The molecule has 5 nitrogen and oxygen atoms in total. The summed E-state index contributed by atoms with van der Waals surface area (Å²) in [5, 5.41) is 2.83. The second-order valence-electron chi connectivity index (χ2n) is 5.92. The van der Waals surface area contributed by atoms with E-state index >= 15 is 0 Å². The van der Waals surface area contributed by atoms with Crippen molar-refractivity contribution in [3.8, 4) is 0 Å². The molecule has 0 aliphatic heterocycles. The topological polar surface area (TPSA) is 60.3 Å². The number of esters is 1. The predicted octanol–water partition coefficient (Wildman–Crippen LogP) is 3.92. The zero-order valence-corrected chi connectivity index (χ0v) is 16.5. The molecule has 2 rings (SSSR count). The number of hydrogen-bond acceptors (Lipinski definition) is 3. The van der Waals surface area contributed by atoms with Crippen molar-refractivity contribution in [2.75, 3.05) is 6.61 Å². The van der Waals surface area contributed by atoms with Gasteiger partial charge in [0.15, 0.2) is 6.61 Å². The van der Waals surface area contributed by atoms with E-state index in [1.165, 1.54) is 0 Å². The summed E-state index contributed by atoms with van der Waals surface area (Å²) in [4.78, 5) is 24.3. The minimum Gasteiger partial charge on any atom is -0.452 e. The minimum atomic E-state index is -0.475. The summed E-state index contributed by atoms with van der Waals surface area (Å²) in [5.74, 6) is -0.808. The van der Waals surface area contributed by atoms with Gasteiger partial charge in [-0.3, -0.25) is 4.79 Å². The summed E-state index contributed by atoms with van der Waals surface area (Å²) in [5.41, 5.74) is 3.32. The van der Waals surface area contributed by atoms with Gasteiger partial charge < -0.3 is 14.6 Å². The molecule has 6 heteroatoms. The lowest BCUT2D eigenvalue weighted by atomic mass is 10.1. The van der Waals surface area contributed by atoms with Gasteiger partial charge in [0, 0.05) is 22.4 Å². The third-order valence-corrected chi connectivity index (χ3v) is 4.92. The normalized spacial score (nSPS) is 11.9. The van der Waals surface area contributed by atoms with Crippen molar-refractivity contribution in [1.29, 1.82) is 0 Å². The van der Waals surface area contributed by atoms with Crippen LogP contribution in [0.25, 0.3) is 0 Å². The van der Waals surface area contributed by atoms with Gasteiger partial charge in [-0.2, -0.15) is 0 Å². The molecule has 1 aromatic heterocycles. The molecule has 0 fully saturated rings. The lowest BCUT2D eigenvalue weighted by Crippen LogP contribution is -2.31. The first-order valence-electron chi connectivity index (χ1n) is 8.22. The van der Waals surface area contributed by atoms with Crippen LogP contribution < -0.4 is 5.32 Å². The number of aromatic nitrogens is 1. The highest BCUT2D eigenvalue weighted by atomic mass is 79.9. The second-order valence-corrected chi connectivity index (χ2v) is 6.77. The zero-order chi connectivity index (χ0) is 18.6. The number of ether oxygens (including phenoxy) is 1. The molecule has 2 aromatic rings. The van der Waals surface area contributed by atoms with Crippen LogP contribution in [0.4, 0.5) is 0 Å². The Balaban J connectivity index is 1.94. The fourth-order valence-electron chi connectivity index (χ4n) is 2.89. The van der Waals surface area contributed by atoms with Crippen LogP contribution in [0.5, 0.6) is 0 Å². The van der Waals surface area contributed by atoms with Gasteiger partial charge in [-0.05, 0) is 45.4 Å². The molecule has 1 aromatic carbocycles. The number of halogens is 1. The molecule has 1 N–H and O–H groups in total. The fraction of sp³-hybridized carbons (Fsp3) is 0.368. The number of rotatable bonds is 6. The summed E-state index contributed by atoms with van der Waals surface area (Å²) in [6.07, 6.45) is 0. The number of aryl methyl sites for hydroxylation is 1. The Morgan fingerprint density at radius 1 is 1.28 bits per heavy atom. The summed E-state index contributed by atoms with van der Waals surface area (Å²) >= 11 is 3.46.